The van der Waals surface area contributed by atoms with Crippen molar-refractivity contribution in [1.82, 2.24) is 5.32 Å². The number of carboxylic acid groups (broad SMARTS) is 1. The number of hydrogen-bond donors (Lipinski definition) is 4. The molecule has 142 valence electrons. The van der Waals surface area contributed by atoms with Crippen molar-refractivity contribution in [2.45, 2.75) is 26.0 Å². The van der Waals surface area contributed by atoms with Crippen molar-refractivity contribution in [2.24, 2.45) is 10.9 Å². The highest BCUT2D eigenvalue weighted by atomic mass is 16.5. The van der Waals surface area contributed by atoms with E-state index in [9.17, 15) is 9.59 Å². The zero-order valence-corrected chi connectivity index (χ0v) is 14.9. The van der Waals surface area contributed by atoms with Gasteiger partial charge in [0.2, 0.25) is 5.91 Å². The Kier molecular flexibility index (Phi) is 7.18. The van der Waals surface area contributed by atoms with Crippen LogP contribution in [0.2, 0.25) is 0 Å². The third-order valence-electron chi connectivity index (χ3n) is 3.68. The number of benzene rings is 2. The van der Waals surface area contributed by atoms with Crippen molar-refractivity contribution in [2.75, 3.05) is 5.32 Å². The highest BCUT2D eigenvalue weighted by Crippen LogP contribution is 2.17. The third-order valence-corrected chi connectivity index (χ3v) is 3.68. The zero-order chi connectivity index (χ0) is 19.6. The van der Waals surface area contributed by atoms with Crippen LogP contribution in [-0.4, -0.2) is 29.4 Å². The van der Waals surface area contributed by atoms with Crippen LogP contribution in [0.1, 0.15) is 18.1 Å². The molecule has 1 atom stereocenters. The molecule has 5 N–H and O–H groups in total. The number of carboxylic acids is 1. The van der Waals surface area contributed by atoms with Gasteiger partial charge in [-0.3, -0.25) is 4.79 Å². The summed E-state index contributed by atoms with van der Waals surface area (Å²) in [5.74, 6) is 4.27. The molecule has 0 bridgehead atoms. The van der Waals surface area contributed by atoms with E-state index < -0.39 is 12.0 Å². The van der Waals surface area contributed by atoms with Crippen LogP contribution < -0.4 is 21.2 Å². The second-order valence-electron chi connectivity index (χ2n) is 5.85. The Bertz CT molecular complexity index is 806. The van der Waals surface area contributed by atoms with Gasteiger partial charge in [-0.15, -0.1) is 0 Å². The molecule has 0 unspecified atom stereocenters. The number of nitrogens with one attached hydrogen (secondary N) is 2. The average Bonchev–Trinajstić information content (AvgIpc) is 2.65. The van der Waals surface area contributed by atoms with Crippen LogP contribution in [-0.2, 0) is 22.6 Å². The number of nitrogens with two attached hydrogens (primary N) is 1. The number of hydrogen-bond acceptors (Lipinski definition) is 5. The molecule has 0 aliphatic heterocycles. The van der Waals surface area contributed by atoms with Gasteiger partial charge in [-0.05, 0) is 35.4 Å². The van der Waals surface area contributed by atoms with Gasteiger partial charge in [0.05, 0.1) is 0 Å². The minimum Gasteiger partial charge on any atom is -0.489 e. The second kappa shape index (κ2) is 9.81. The molecule has 27 heavy (non-hydrogen) atoms. The molecule has 0 aliphatic rings. The molecule has 0 fully saturated rings. The maximum absolute atomic E-state index is 11.2. The lowest BCUT2D eigenvalue weighted by Crippen LogP contribution is -2.41. The summed E-state index contributed by atoms with van der Waals surface area (Å²) in [5.41, 5.74) is 2.60. The van der Waals surface area contributed by atoms with Crippen LogP contribution in [0.4, 0.5) is 5.69 Å². The van der Waals surface area contributed by atoms with Gasteiger partial charge >= 0.3 is 5.97 Å². The zero-order valence-electron chi connectivity index (χ0n) is 14.9. The molecule has 1 amide bonds. The Balaban J connectivity index is 1.93. The summed E-state index contributed by atoms with van der Waals surface area (Å²) in [7, 11) is 0. The van der Waals surface area contributed by atoms with E-state index >= 15 is 0 Å². The molecule has 0 saturated carbocycles. The van der Waals surface area contributed by atoms with E-state index in [1.54, 1.807) is 24.3 Å². The fourth-order valence-electron chi connectivity index (χ4n) is 2.43. The first-order chi connectivity index (χ1) is 13.0. The lowest BCUT2D eigenvalue weighted by Gasteiger charge is -2.13. The number of rotatable bonds is 9. The molecule has 0 aromatic heterocycles. The number of carbonyl (C=O) groups excluding carboxylic acids is 1. The molecule has 0 heterocycles. The summed E-state index contributed by atoms with van der Waals surface area (Å²) < 4.78 is 5.75. The largest absolute Gasteiger partial charge is 0.489 e. The van der Waals surface area contributed by atoms with Crippen molar-refractivity contribution in [1.29, 1.82) is 0 Å². The standard InChI is InChI=1S/C19H22N4O4/c1-13(24)23-18(19(25)26)10-14-5-7-17(8-6-14)27-11-15-3-2-4-16(9-15)21-12-22-20/h2-9,12,18H,10-11,20H2,1H3,(H,21,22)(H,23,24)(H,25,26)/t18-/m0/s1. The molecule has 0 aliphatic carbocycles. The summed E-state index contributed by atoms with van der Waals surface area (Å²) in [6, 6.07) is 13.8. The van der Waals surface area contributed by atoms with Crippen LogP contribution in [0.3, 0.4) is 0 Å². The van der Waals surface area contributed by atoms with Gasteiger partial charge in [0, 0.05) is 19.0 Å². The Morgan fingerprint density at radius 3 is 2.59 bits per heavy atom. The molecular weight excluding hydrogens is 348 g/mol. The monoisotopic (exact) mass is 370 g/mol. The highest BCUT2D eigenvalue weighted by molar-refractivity contribution is 5.82. The van der Waals surface area contributed by atoms with Crippen LogP contribution >= 0.6 is 0 Å². The van der Waals surface area contributed by atoms with Gasteiger partial charge in [-0.2, -0.15) is 5.10 Å². The Hall–Kier alpha value is -3.55. The first-order valence-electron chi connectivity index (χ1n) is 8.27. The molecule has 0 saturated heterocycles. The minimum absolute atomic E-state index is 0.200. The summed E-state index contributed by atoms with van der Waals surface area (Å²) in [6.07, 6.45) is 1.59. The van der Waals surface area contributed by atoms with Crippen molar-refractivity contribution in [3.63, 3.8) is 0 Å². The van der Waals surface area contributed by atoms with Crippen LogP contribution in [0.5, 0.6) is 5.75 Å². The van der Waals surface area contributed by atoms with Gasteiger partial charge in [0.1, 0.15) is 24.7 Å². The molecule has 0 radical (unpaired) electrons. The molecular formula is C19H22N4O4. The van der Waals surface area contributed by atoms with E-state index in [2.05, 4.69) is 15.7 Å². The van der Waals surface area contributed by atoms with E-state index in [0.717, 1.165) is 16.8 Å². The van der Waals surface area contributed by atoms with E-state index in [4.69, 9.17) is 15.7 Å². The molecule has 2 aromatic rings. The number of nitrogens with zero attached hydrogens (tertiary/aromatic N) is 1. The lowest BCUT2D eigenvalue weighted by atomic mass is 10.1. The highest BCUT2D eigenvalue weighted by Gasteiger charge is 2.18. The Morgan fingerprint density at radius 2 is 1.96 bits per heavy atom. The lowest BCUT2D eigenvalue weighted by molar-refractivity contribution is -0.141. The quantitative estimate of drug-likeness (QED) is 0.230. The normalized spacial score (nSPS) is 11.7. The summed E-state index contributed by atoms with van der Waals surface area (Å²) >= 11 is 0. The summed E-state index contributed by atoms with van der Waals surface area (Å²) in [4.78, 5) is 22.3. The number of anilines is 1. The third kappa shape index (κ3) is 6.69. The van der Waals surface area contributed by atoms with Crippen LogP contribution in [0.15, 0.2) is 53.6 Å². The van der Waals surface area contributed by atoms with E-state index in [0.29, 0.717) is 12.4 Å². The molecule has 8 nitrogen and oxygen atoms in total. The van der Waals surface area contributed by atoms with Gasteiger partial charge in [0.15, 0.2) is 0 Å². The summed E-state index contributed by atoms with van der Waals surface area (Å²) in [5, 5.41) is 17.9. The van der Waals surface area contributed by atoms with Crippen molar-refractivity contribution in [3.8, 4) is 5.75 Å². The van der Waals surface area contributed by atoms with Gasteiger partial charge in [-0.1, -0.05) is 24.3 Å². The van der Waals surface area contributed by atoms with Gasteiger partial charge < -0.3 is 26.3 Å². The maximum Gasteiger partial charge on any atom is 0.326 e. The van der Waals surface area contributed by atoms with Crippen molar-refractivity contribution < 1.29 is 19.4 Å². The molecule has 0 spiro atoms. The maximum atomic E-state index is 11.2. The van der Waals surface area contributed by atoms with E-state index in [-0.39, 0.29) is 12.3 Å². The smallest absolute Gasteiger partial charge is 0.326 e. The number of ether oxygens (including phenoxy) is 1. The van der Waals surface area contributed by atoms with E-state index in [1.165, 1.54) is 13.3 Å². The Labute approximate surface area is 157 Å². The number of carbonyl (C=O) groups is 2. The first kappa shape index (κ1) is 19.8. The summed E-state index contributed by atoms with van der Waals surface area (Å²) in [6.45, 7) is 1.67. The topological polar surface area (TPSA) is 126 Å². The van der Waals surface area contributed by atoms with Crippen LogP contribution in [0, 0.1) is 0 Å². The number of hydrazone groups is 1. The van der Waals surface area contributed by atoms with E-state index in [1.807, 2.05) is 24.3 Å². The SMILES string of the molecule is CC(=O)N[C@@H](Cc1ccc(OCc2cccc(NC=NN)c2)cc1)C(=O)O. The van der Waals surface area contributed by atoms with Crippen LogP contribution in [0.25, 0.3) is 0 Å². The fraction of sp³-hybridized carbons (Fsp3) is 0.211. The fourth-order valence-corrected chi connectivity index (χ4v) is 2.43. The minimum atomic E-state index is -1.07. The average molecular weight is 370 g/mol. The van der Waals surface area contributed by atoms with Crippen molar-refractivity contribution >= 4 is 23.9 Å². The first-order valence-corrected chi connectivity index (χ1v) is 8.27. The molecule has 8 heteroatoms. The Morgan fingerprint density at radius 1 is 1.22 bits per heavy atom. The predicted octanol–water partition coefficient (Wildman–Crippen LogP) is 1.71. The number of amides is 1. The van der Waals surface area contributed by atoms with Gasteiger partial charge in [0.25, 0.3) is 0 Å². The molecule has 2 rings (SSSR count). The molecule has 2 aromatic carbocycles. The second-order valence-corrected chi connectivity index (χ2v) is 5.85. The van der Waals surface area contributed by atoms with Gasteiger partial charge in [-0.25, -0.2) is 4.79 Å². The van der Waals surface area contributed by atoms with Crippen molar-refractivity contribution in [3.05, 3.63) is 59.7 Å². The predicted molar refractivity (Wildman–Crippen MR) is 102 cm³/mol. The number of aliphatic carboxylic acids is 1.